The molecule has 10 nitrogen and oxygen atoms in total. The molecule has 2 amide bonds. The second kappa shape index (κ2) is 9.20. The van der Waals surface area contributed by atoms with Crippen LogP contribution in [0.15, 0.2) is 53.7 Å². The molecule has 0 bridgehead atoms. The fourth-order valence-corrected chi connectivity index (χ4v) is 3.07. The molecule has 1 aliphatic rings. The number of benzene rings is 2. The van der Waals surface area contributed by atoms with Crippen LogP contribution in [-0.4, -0.2) is 51.7 Å². The number of rotatable bonds is 7. The molecule has 1 aliphatic heterocycles. The van der Waals surface area contributed by atoms with Crippen LogP contribution in [0.5, 0.6) is 5.75 Å². The summed E-state index contributed by atoms with van der Waals surface area (Å²) in [6.45, 7) is 0.382. The van der Waals surface area contributed by atoms with Gasteiger partial charge in [-0.25, -0.2) is 9.18 Å². The van der Waals surface area contributed by atoms with Crippen LogP contribution in [-0.2, 0) is 11.4 Å². The van der Waals surface area contributed by atoms with Crippen LogP contribution in [0.25, 0.3) is 5.69 Å². The largest absolute Gasteiger partial charge is 0.494 e. The van der Waals surface area contributed by atoms with Crippen LogP contribution in [0.1, 0.15) is 17.8 Å². The number of carbonyl (C=O) groups is 1. The fraction of sp³-hybridized carbons (Fsp3) is 0.250. The Balaban J connectivity index is 1.25. The first-order valence-corrected chi connectivity index (χ1v) is 9.55. The normalized spacial score (nSPS) is 15.2. The van der Waals surface area contributed by atoms with E-state index in [9.17, 15) is 9.18 Å². The van der Waals surface area contributed by atoms with Crippen molar-refractivity contribution in [1.29, 1.82) is 0 Å². The highest BCUT2D eigenvalue weighted by Crippen LogP contribution is 2.22. The van der Waals surface area contributed by atoms with E-state index >= 15 is 0 Å². The summed E-state index contributed by atoms with van der Waals surface area (Å²) in [5.74, 6) is 0.184. The van der Waals surface area contributed by atoms with Crippen molar-refractivity contribution in [3.8, 4) is 11.4 Å². The maximum Gasteiger partial charge on any atom is 0.315 e. The van der Waals surface area contributed by atoms with Crippen molar-refractivity contribution in [2.24, 2.45) is 5.16 Å². The zero-order valence-corrected chi connectivity index (χ0v) is 16.7. The highest BCUT2D eigenvalue weighted by Gasteiger charge is 2.23. The number of amides is 2. The quantitative estimate of drug-likeness (QED) is 0.597. The molecule has 0 aliphatic carbocycles. The van der Waals surface area contributed by atoms with Gasteiger partial charge in [-0.1, -0.05) is 23.4 Å². The number of hydrogen-bond donors (Lipinski definition) is 2. The Labute approximate surface area is 177 Å². The molecule has 2 heterocycles. The number of carbonyl (C=O) groups excluding carboxylic acids is 1. The number of ether oxygens (including phenoxy) is 1. The van der Waals surface area contributed by atoms with Crippen molar-refractivity contribution in [3.05, 3.63) is 65.7 Å². The number of nitrogens with one attached hydrogen (secondary N) is 2. The van der Waals surface area contributed by atoms with E-state index in [1.165, 1.54) is 19.2 Å². The molecule has 1 aromatic heterocycles. The van der Waals surface area contributed by atoms with E-state index < -0.39 is 11.8 Å². The van der Waals surface area contributed by atoms with Gasteiger partial charge in [-0.3, -0.25) is 0 Å². The Kier molecular flexibility index (Phi) is 6.01. The van der Waals surface area contributed by atoms with Crippen molar-refractivity contribution in [2.75, 3.05) is 13.7 Å². The third kappa shape index (κ3) is 4.77. The predicted octanol–water partition coefficient (Wildman–Crippen LogP) is 1.80. The molecule has 0 fully saturated rings. The van der Waals surface area contributed by atoms with E-state index in [-0.39, 0.29) is 24.9 Å². The minimum absolute atomic E-state index is 0.145. The Morgan fingerprint density at radius 3 is 2.87 bits per heavy atom. The van der Waals surface area contributed by atoms with Gasteiger partial charge in [0.1, 0.15) is 0 Å². The number of methoxy groups -OCH3 is 1. The maximum absolute atomic E-state index is 13.9. The Bertz CT molecular complexity index is 1090. The molecule has 31 heavy (non-hydrogen) atoms. The first kappa shape index (κ1) is 20.3. The Hall–Kier alpha value is -4.02. The van der Waals surface area contributed by atoms with Crippen molar-refractivity contribution in [2.45, 2.75) is 19.1 Å². The first-order valence-electron chi connectivity index (χ1n) is 9.55. The highest BCUT2D eigenvalue weighted by molar-refractivity contribution is 6.01. The number of tetrazole rings is 1. The third-order valence-corrected chi connectivity index (χ3v) is 4.65. The van der Waals surface area contributed by atoms with Crippen LogP contribution in [0, 0.1) is 5.82 Å². The molecule has 0 radical (unpaired) electrons. The zero-order chi connectivity index (χ0) is 21.6. The van der Waals surface area contributed by atoms with Crippen LogP contribution >= 0.6 is 0 Å². The second-order valence-electron chi connectivity index (χ2n) is 6.72. The van der Waals surface area contributed by atoms with Crippen LogP contribution in [0.3, 0.4) is 0 Å². The van der Waals surface area contributed by atoms with E-state index in [1.807, 2.05) is 30.3 Å². The molecule has 2 aromatic carbocycles. The van der Waals surface area contributed by atoms with Gasteiger partial charge in [0.15, 0.2) is 23.5 Å². The van der Waals surface area contributed by atoms with Crippen molar-refractivity contribution >= 4 is 11.7 Å². The molecule has 11 heteroatoms. The average molecular weight is 425 g/mol. The number of para-hydroxylation sites is 1. The Morgan fingerprint density at radius 2 is 2.10 bits per heavy atom. The molecule has 0 spiro atoms. The number of oxime groups is 1. The minimum atomic E-state index is -0.471. The summed E-state index contributed by atoms with van der Waals surface area (Å²) in [5, 5.41) is 21.0. The summed E-state index contributed by atoms with van der Waals surface area (Å²) < 4.78 is 20.4. The predicted molar refractivity (Wildman–Crippen MR) is 108 cm³/mol. The minimum Gasteiger partial charge on any atom is -0.494 e. The van der Waals surface area contributed by atoms with Gasteiger partial charge in [0.2, 0.25) is 0 Å². The number of halogens is 1. The van der Waals surface area contributed by atoms with Gasteiger partial charge in [-0.15, -0.1) is 5.10 Å². The van der Waals surface area contributed by atoms with E-state index in [1.54, 1.807) is 10.7 Å². The van der Waals surface area contributed by atoms with Gasteiger partial charge in [-0.05, 0) is 40.8 Å². The summed E-state index contributed by atoms with van der Waals surface area (Å²) in [5.41, 5.74) is 2.01. The summed E-state index contributed by atoms with van der Waals surface area (Å²) in [4.78, 5) is 17.5. The van der Waals surface area contributed by atoms with Crippen LogP contribution in [0.4, 0.5) is 9.18 Å². The molecule has 3 aromatic rings. The average Bonchev–Trinajstić information content (AvgIpc) is 3.46. The standard InChI is InChI=1S/C20H20FN7O3/c1-30-18-8-7-13(9-16(18)21)17-10-15(31-25-17)11-22-20(29)23-12-19-24-26-27-28(19)14-5-3-2-4-6-14/h2-9,15H,10-12H2,1H3,(H2,22,23,29). The molecule has 4 rings (SSSR count). The SMILES string of the molecule is COc1ccc(C2=NOC(CNC(=O)NCc3nnnn3-c3ccccc3)C2)cc1F. The number of hydrogen-bond acceptors (Lipinski definition) is 7. The lowest BCUT2D eigenvalue weighted by Crippen LogP contribution is -2.39. The molecule has 0 saturated carbocycles. The third-order valence-electron chi connectivity index (χ3n) is 4.65. The summed E-state index contributed by atoms with van der Waals surface area (Å²) in [7, 11) is 1.41. The molecule has 2 N–H and O–H groups in total. The maximum atomic E-state index is 13.9. The van der Waals surface area contributed by atoms with Gasteiger partial charge < -0.3 is 20.2 Å². The molecule has 0 saturated heterocycles. The molecule has 160 valence electrons. The van der Waals surface area contributed by atoms with E-state index in [4.69, 9.17) is 9.57 Å². The summed E-state index contributed by atoms with van der Waals surface area (Å²) >= 11 is 0. The van der Waals surface area contributed by atoms with E-state index in [2.05, 4.69) is 31.3 Å². The van der Waals surface area contributed by atoms with Gasteiger partial charge >= 0.3 is 6.03 Å². The highest BCUT2D eigenvalue weighted by atomic mass is 19.1. The molecule has 1 atom stereocenters. The fourth-order valence-electron chi connectivity index (χ4n) is 3.07. The topological polar surface area (TPSA) is 116 Å². The lowest BCUT2D eigenvalue weighted by Gasteiger charge is -2.11. The number of nitrogens with zero attached hydrogens (tertiary/aromatic N) is 5. The van der Waals surface area contributed by atoms with Gasteiger partial charge in [0.05, 0.1) is 31.6 Å². The Morgan fingerprint density at radius 1 is 1.26 bits per heavy atom. The number of aromatic nitrogens is 4. The lowest BCUT2D eigenvalue weighted by molar-refractivity contribution is 0.0865. The molecular formula is C20H20FN7O3. The smallest absolute Gasteiger partial charge is 0.315 e. The second-order valence-corrected chi connectivity index (χ2v) is 6.72. The van der Waals surface area contributed by atoms with Gasteiger partial charge in [-0.2, -0.15) is 4.68 Å². The van der Waals surface area contributed by atoms with Gasteiger partial charge in [0, 0.05) is 12.0 Å². The van der Waals surface area contributed by atoms with Crippen molar-refractivity contribution in [1.82, 2.24) is 30.8 Å². The summed E-state index contributed by atoms with van der Waals surface area (Å²) in [6, 6.07) is 13.6. The molecule has 1 unspecified atom stereocenters. The monoisotopic (exact) mass is 425 g/mol. The van der Waals surface area contributed by atoms with Crippen LogP contribution in [0.2, 0.25) is 0 Å². The van der Waals surface area contributed by atoms with E-state index in [0.29, 0.717) is 23.5 Å². The van der Waals surface area contributed by atoms with Gasteiger partial charge in [0.25, 0.3) is 0 Å². The summed E-state index contributed by atoms with van der Waals surface area (Å²) in [6.07, 6.45) is 0.0960. The number of urea groups is 1. The lowest BCUT2D eigenvalue weighted by atomic mass is 10.0. The molecular weight excluding hydrogens is 405 g/mol. The first-order chi connectivity index (χ1) is 15.1. The van der Waals surface area contributed by atoms with Crippen molar-refractivity contribution in [3.63, 3.8) is 0 Å². The van der Waals surface area contributed by atoms with E-state index in [0.717, 1.165) is 5.69 Å². The zero-order valence-electron chi connectivity index (χ0n) is 16.7. The van der Waals surface area contributed by atoms with Crippen molar-refractivity contribution < 1.29 is 18.8 Å². The van der Waals surface area contributed by atoms with Crippen LogP contribution < -0.4 is 15.4 Å².